The molecule has 2 aliphatic rings. The third-order valence-corrected chi connectivity index (χ3v) is 18.6. The molecule has 4 heterocycles. The molecule has 5 N–H and O–H groups in total. The van der Waals surface area contributed by atoms with Crippen LogP contribution in [0.4, 0.5) is 22.7 Å². The van der Waals surface area contributed by atoms with Crippen molar-refractivity contribution in [2.75, 3.05) is 52.6 Å². The number of carbonyl (C=O) groups is 6. The van der Waals surface area contributed by atoms with Crippen LogP contribution < -0.4 is 19.7 Å². The van der Waals surface area contributed by atoms with Gasteiger partial charge in [0, 0.05) is 65.0 Å². The monoisotopic (exact) mass is 1330 g/mol. The fourth-order valence-electron chi connectivity index (χ4n) is 11.2. The number of esters is 3. The number of nitrogens with one attached hydrogen (secondary N) is 4. The van der Waals surface area contributed by atoms with Gasteiger partial charge in [0.15, 0.2) is 0 Å². The first-order chi connectivity index (χ1) is 46.2. The van der Waals surface area contributed by atoms with E-state index < -0.39 is 31.9 Å². The molecule has 0 radical (unpaired) electrons. The summed E-state index contributed by atoms with van der Waals surface area (Å²) >= 11 is 0. The number of fused-ring (bicyclic) bond motifs is 4. The number of nitrogens with zero attached hydrogens (tertiary/aromatic N) is 2. The van der Waals surface area contributed by atoms with Crippen molar-refractivity contribution < 1.29 is 64.9 Å². The number of benzene rings is 8. The van der Waals surface area contributed by atoms with Crippen molar-refractivity contribution in [2.45, 2.75) is 81.9 Å². The lowest BCUT2D eigenvalue weighted by Crippen LogP contribution is -2.31. The average molecular weight is 1340 g/mol. The van der Waals surface area contributed by atoms with Gasteiger partial charge in [-0.2, -0.15) is 0 Å². The largest absolute Gasteiger partial charge is 0.481 e. The zero-order valence-corrected chi connectivity index (χ0v) is 55.2. The van der Waals surface area contributed by atoms with Gasteiger partial charge in [0.2, 0.25) is 0 Å². The van der Waals surface area contributed by atoms with E-state index in [2.05, 4.69) is 25.8 Å². The zero-order valence-electron chi connectivity index (χ0n) is 53.6. The Morgan fingerprint density at radius 1 is 0.521 bits per heavy atom. The van der Waals surface area contributed by atoms with Crippen LogP contribution in [0, 0.1) is 13.8 Å². The van der Waals surface area contributed by atoms with Crippen LogP contribution in [0.1, 0.15) is 99.5 Å². The number of sulfonamides is 2. The summed E-state index contributed by atoms with van der Waals surface area (Å²) in [5.41, 5.74) is 9.63. The highest BCUT2D eigenvalue weighted by atomic mass is 32.2. The second-order valence-electron chi connectivity index (χ2n) is 22.5. The minimum absolute atomic E-state index is 0.0838. The van der Waals surface area contributed by atoms with Crippen LogP contribution in [0.2, 0.25) is 0 Å². The lowest BCUT2D eigenvalue weighted by Gasteiger charge is -2.20. The molecule has 496 valence electrons. The molecule has 2 aliphatic heterocycles. The number of aromatic amines is 1. The Morgan fingerprint density at radius 2 is 1.01 bits per heavy atom. The highest BCUT2D eigenvalue weighted by Crippen LogP contribution is 2.40. The molecule has 96 heavy (non-hydrogen) atoms. The van der Waals surface area contributed by atoms with Crippen LogP contribution in [-0.4, -0.2) is 100 Å². The summed E-state index contributed by atoms with van der Waals surface area (Å²) in [6.45, 7) is 11.5. The Hall–Kier alpha value is -10.8. The first-order valence-electron chi connectivity index (χ1n) is 31.2. The van der Waals surface area contributed by atoms with E-state index in [1.165, 1.54) is 52.7 Å². The van der Waals surface area contributed by atoms with Crippen LogP contribution in [0.25, 0.3) is 21.8 Å². The number of aromatic nitrogens is 2. The molecule has 2 atom stereocenters. The lowest BCUT2D eigenvalue weighted by molar-refractivity contribution is -0.144. The van der Waals surface area contributed by atoms with Gasteiger partial charge in [0.25, 0.3) is 31.9 Å². The van der Waals surface area contributed by atoms with Gasteiger partial charge in [-0.1, -0.05) is 132 Å². The molecule has 20 nitrogen and oxygen atoms in total. The van der Waals surface area contributed by atoms with Crippen LogP contribution >= 0.6 is 0 Å². The van der Waals surface area contributed by atoms with Gasteiger partial charge < -0.3 is 34.5 Å². The molecule has 0 spiro atoms. The number of para-hydroxylation sites is 6. The van der Waals surface area contributed by atoms with Crippen molar-refractivity contribution in [3.8, 4) is 0 Å². The molecule has 1 amide bonds. The van der Waals surface area contributed by atoms with Gasteiger partial charge in [-0.15, -0.1) is 0 Å². The topological polar surface area (TPSA) is 279 Å². The lowest BCUT2D eigenvalue weighted by atomic mass is 9.98. The number of carbonyl (C=O) groups excluding carboxylic acids is 5. The third-order valence-electron chi connectivity index (χ3n) is 15.8. The summed E-state index contributed by atoms with van der Waals surface area (Å²) < 4.78 is 73.0. The molecule has 0 saturated heterocycles. The second kappa shape index (κ2) is 31.9. The van der Waals surface area contributed by atoms with Gasteiger partial charge in [-0.05, 0) is 130 Å². The Kier molecular flexibility index (Phi) is 23.1. The fraction of sp³-hybridized carbons (Fsp3) is 0.216. The van der Waals surface area contributed by atoms with Crippen molar-refractivity contribution in [1.82, 2.24) is 9.55 Å². The van der Waals surface area contributed by atoms with E-state index in [0.29, 0.717) is 61.4 Å². The van der Waals surface area contributed by atoms with Crippen LogP contribution in [0.15, 0.2) is 216 Å². The van der Waals surface area contributed by atoms with E-state index in [1.54, 1.807) is 96.8 Å². The molecule has 10 aromatic rings. The van der Waals surface area contributed by atoms with E-state index in [0.717, 1.165) is 45.4 Å². The smallest absolute Gasteiger partial charge is 0.310 e. The maximum Gasteiger partial charge on any atom is 0.310 e. The van der Waals surface area contributed by atoms with Crippen LogP contribution in [0.3, 0.4) is 0 Å². The number of hydrogen-bond donors (Lipinski definition) is 5. The average Bonchev–Trinajstić information content (AvgIpc) is 1.63. The van der Waals surface area contributed by atoms with Gasteiger partial charge in [0.1, 0.15) is 0 Å². The highest BCUT2D eigenvalue weighted by Gasteiger charge is 2.35. The van der Waals surface area contributed by atoms with Crippen molar-refractivity contribution in [3.05, 3.63) is 251 Å². The molecule has 0 aliphatic carbocycles. The van der Waals surface area contributed by atoms with Gasteiger partial charge >= 0.3 is 23.9 Å². The zero-order chi connectivity index (χ0) is 68.5. The normalized spacial score (nSPS) is 13.6. The number of ether oxygens (including phenoxy) is 3. The van der Waals surface area contributed by atoms with Gasteiger partial charge in [0.05, 0.1) is 83.3 Å². The molecule has 0 fully saturated rings. The SMILES string of the molecule is CCOC(=O)CC1CN(C(=O)c2ccccc2NS(=O)(=O)c2ccc(C)cc2)c2ccccc21.CCOC(=O)CC1CNc2ccccc21.CCOC(=O)Cc1c[nH]c2ccccc12.Cc1ccc(S(=O)(=O)Nc2ccccc2C(=O)n2cc(CC(=O)O)c3ccccc32)cc1. The van der Waals surface area contributed by atoms with Gasteiger partial charge in [-0.25, -0.2) is 16.8 Å². The Balaban J connectivity index is 0.000000160. The van der Waals surface area contributed by atoms with Crippen molar-refractivity contribution in [1.29, 1.82) is 0 Å². The van der Waals surface area contributed by atoms with E-state index in [1.807, 2.05) is 101 Å². The third kappa shape index (κ3) is 17.3. The summed E-state index contributed by atoms with van der Waals surface area (Å²) in [5, 5.41) is 14.2. The van der Waals surface area contributed by atoms with Crippen LogP contribution in [0.5, 0.6) is 0 Å². The number of aryl methyl sites for hydroxylation is 2. The number of carboxylic acids is 1. The molecular weight excluding hydrogens is 1260 g/mol. The number of anilines is 4. The first-order valence-corrected chi connectivity index (χ1v) is 34.1. The van der Waals surface area contributed by atoms with Gasteiger partial charge in [-0.3, -0.25) is 42.8 Å². The molecular formula is C74H74N6O14S2. The Labute approximate surface area is 557 Å². The predicted molar refractivity (Wildman–Crippen MR) is 370 cm³/mol. The standard InChI is InChI=1S/C26H26N2O5S.C24H20N2O5S.C12H15NO2.C12H13NO2/c1-3-33-25(29)16-19-17-28(24-11-7-5-8-21(19)24)26(30)22-9-4-6-10-23(22)27-34(31,32)20-14-12-18(2)13-15-20;1-16-10-12-18(13-11-16)32(30,31)25-21-8-4-2-7-20(21)24(29)26-15-17(14-23(27)28)19-6-3-5-9-22(19)26;2*1-2-15-12(14)7-9-8-13-11-6-4-3-5-10(9)11/h4-15,19,27H,3,16-17H2,1-2H3;2-13,15,25H,14H2,1H3,(H,27,28);3-6,9,13H,2,7-8H2,1H3;3-6,8,13H,2,7H2,1H3. The maximum absolute atomic E-state index is 13.6. The Morgan fingerprint density at radius 3 is 1.60 bits per heavy atom. The number of hydrogen-bond acceptors (Lipinski definition) is 14. The molecule has 0 bridgehead atoms. The highest BCUT2D eigenvalue weighted by molar-refractivity contribution is 7.93. The summed E-state index contributed by atoms with van der Waals surface area (Å²) in [5.74, 6) is -2.37. The summed E-state index contributed by atoms with van der Waals surface area (Å²) in [4.78, 5) is 78.0. The minimum atomic E-state index is -3.91. The molecule has 2 unspecified atom stereocenters. The molecule has 8 aromatic carbocycles. The minimum Gasteiger partial charge on any atom is -0.481 e. The molecule has 0 saturated carbocycles. The quantitative estimate of drug-likeness (QED) is 0.0372. The fourth-order valence-corrected chi connectivity index (χ4v) is 13.4. The molecule has 2 aromatic heterocycles. The first kappa shape index (κ1) is 69.5. The maximum atomic E-state index is 13.6. The van der Waals surface area contributed by atoms with E-state index >= 15 is 0 Å². The second-order valence-corrected chi connectivity index (χ2v) is 25.9. The van der Waals surface area contributed by atoms with E-state index in [4.69, 9.17) is 14.2 Å². The van der Waals surface area contributed by atoms with E-state index in [-0.39, 0.29) is 80.8 Å². The number of H-pyrrole nitrogens is 1. The van der Waals surface area contributed by atoms with Crippen molar-refractivity contribution >= 4 is 100 Å². The number of rotatable bonds is 19. The summed E-state index contributed by atoms with van der Waals surface area (Å²) in [7, 11) is -7.80. The summed E-state index contributed by atoms with van der Waals surface area (Å²) in [6, 6.07) is 56.2. The number of amides is 1. The summed E-state index contributed by atoms with van der Waals surface area (Å²) in [6.07, 6.45) is 4.09. The van der Waals surface area contributed by atoms with Crippen LogP contribution in [-0.2, 0) is 66.3 Å². The van der Waals surface area contributed by atoms with Crippen molar-refractivity contribution in [2.24, 2.45) is 0 Å². The number of aliphatic carboxylic acids is 1. The number of carboxylic acid groups (broad SMARTS) is 1. The molecule has 12 rings (SSSR count). The Bertz CT molecular complexity index is 4680. The van der Waals surface area contributed by atoms with E-state index in [9.17, 15) is 50.7 Å². The molecule has 22 heteroatoms. The predicted octanol–water partition coefficient (Wildman–Crippen LogP) is 13.0. The van der Waals surface area contributed by atoms with Crippen molar-refractivity contribution in [3.63, 3.8) is 0 Å².